The first-order valence-electron chi connectivity index (χ1n) is 12.4. The van der Waals surface area contributed by atoms with E-state index in [2.05, 4.69) is 9.97 Å². The molecule has 1 amide bonds. The lowest BCUT2D eigenvalue weighted by atomic mass is 9.88. The number of carboxylic acid groups (broad SMARTS) is 1. The second-order valence-corrected chi connectivity index (χ2v) is 11.5. The Balaban J connectivity index is 2.02. The number of aromatic nitrogens is 2. The average molecular weight is 533 g/mol. The largest absolute Gasteiger partial charge is 0.465 e. The minimum atomic E-state index is -1.08. The van der Waals surface area contributed by atoms with Crippen LogP contribution in [-0.2, 0) is 0 Å². The molecule has 1 fully saturated rings. The van der Waals surface area contributed by atoms with E-state index >= 15 is 4.39 Å². The van der Waals surface area contributed by atoms with Crippen molar-refractivity contribution >= 4 is 35.0 Å². The van der Waals surface area contributed by atoms with Gasteiger partial charge < -0.3 is 24.8 Å². The van der Waals surface area contributed by atoms with E-state index in [4.69, 9.17) is 16.6 Å². The van der Waals surface area contributed by atoms with Crippen LogP contribution in [0.25, 0.3) is 0 Å². The first kappa shape index (κ1) is 26.9. The highest BCUT2D eigenvalue weighted by atomic mass is 35.5. The lowest BCUT2D eigenvalue weighted by Crippen LogP contribution is -2.58. The van der Waals surface area contributed by atoms with Gasteiger partial charge in [0.15, 0.2) is 0 Å². The fourth-order valence-electron chi connectivity index (χ4n) is 5.07. The Labute approximate surface area is 221 Å². The number of nitrogens with zero attached hydrogens (tertiary/aromatic N) is 5. The highest BCUT2D eigenvalue weighted by Gasteiger charge is 2.43. The maximum Gasteiger partial charge on any atom is 0.407 e. The molecule has 11 heteroatoms. The van der Waals surface area contributed by atoms with Crippen molar-refractivity contribution in [2.24, 2.45) is 10.4 Å². The monoisotopic (exact) mass is 532 g/mol. The number of aryl methyl sites for hydroxylation is 1. The van der Waals surface area contributed by atoms with Crippen LogP contribution in [0.3, 0.4) is 0 Å². The Morgan fingerprint density at radius 2 is 1.97 bits per heavy atom. The first-order chi connectivity index (χ1) is 17.2. The van der Waals surface area contributed by atoms with Gasteiger partial charge in [0, 0.05) is 37.3 Å². The van der Waals surface area contributed by atoms with Gasteiger partial charge >= 0.3 is 6.09 Å². The van der Waals surface area contributed by atoms with Gasteiger partial charge in [-0.15, -0.1) is 0 Å². The van der Waals surface area contributed by atoms with Crippen molar-refractivity contribution in [3.05, 3.63) is 50.3 Å². The fourth-order valence-corrected chi connectivity index (χ4v) is 5.25. The second-order valence-electron chi connectivity index (χ2n) is 11.2. The number of hydrogen-bond acceptors (Lipinski definition) is 6. The molecule has 0 spiro atoms. The molecule has 0 bridgehead atoms. The van der Waals surface area contributed by atoms with E-state index in [1.807, 2.05) is 64.3 Å². The van der Waals surface area contributed by atoms with Gasteiger partial charge in [-0.25, -0.2) is 9.79 Å². The summed E-state index contributed by atoms with van der Waals surface area (Å²) < 4.78 is 15.0. The van der Waals surface area contributed by atoms with Crippen molar-refractivity contribution in [3.8, 4) is 0 Å². The number of aromatic amines is 1. The number of nitrogens with one attached hydrogen (secondary N) is 1. The highest BCUT2D eigenvalue weighted by molar-refractivity contribution is 6.30. The molecular weight excluding hydrogens is 499 g/mol. The van der Waals surface area contributed by atoms with Gasteiger partial charge in [-0.05, 0) is 31.4 Å². The number of amides is 1. The van der Waals surface area contributed by atoms with Crippen LogP contribution in [0.1, 0.15) is 64.3 Å². The highest BCUT2D eigenvalue weighted by Crippen LogP contribution is 2.44. The summed E-state index contributed by atoms with van der Waals surface area (Å²) in [6.45, 7) is 14.9. The van der Waals surface area contributed by atoms with Crippen molar-refractivity contribution in [3.63, 3.8) is 0 Å². The third-order valence-corrected chi connectivity index (χ3v) is 7.18. The lowest BCUT2D eigenvalue weighted by Gasteiger charge is -2.47. The van der Waals surface area contributed by atoms with Gasteiger partial charge in [0.25, 0.3) is 0 Å². The third-order valence-electron chi connectivity index (χ3n) is 6.92. The molecule has 0 radical (unpaired) electrons. The number of pyridine rings is 2. The molecule has 2 aromatic rings. The molecular formula is C26H34ClFN6O3. The maximum atomic E-state index is 15.0. The molecule has 2 aliphatic heterocycles. The van der Waals surface area contributed by atoms with E-state index in [-0.39, 0.29) is 35.8 Å². The van der Waals surface area contributed by atoms with Crippen LogP contribution in [0.2, 0.25) is 5.15 Å². The number of aliphatic imine (C=N–C) groups is 1. The van der Waals surface area contributed by atoms with Crippen LogP contribution in [0.15, 0.2) is 22.1 Å². The van der Waals surface area contributed by atoms with E-state index in [0.29, 0.717) is 18.2 Å². The number of carbonyl (C=O) groups is 1. The van der Waals surface area contributed by atoms with Crippen molar-refractivity contribution in [1.82, 2.24) is 19.8 Å². The topological polar surface area (TPSA) is 105 Å². The molecule has 9 nitrogen and oxygen atoms in total. The Morgan fingerprint density at radius 3 is 2.54 bits per heavy atom. The van der Waals surface area contributed by atoms with Crippen molar-refractivity contribution in [1.29, 1.82) is 0 Å². The lowest BCUT2D eigenvalue weighted by molar-refractivity contribution is 0.105. The molecule has 2 aliphatic rings. The predicted molar refractivity (Wildman–Crippen MR) is 143 cm³/mol. The molecule has 1 unspecified atom stereocenters. The number of hydrogen-bond donors (Lipinski definition) is 2. The summed E-state index contributed by atoms with van der Waals surface area (Å²) in [5.74, 6) is -0.317. The van der Waals surface area contributed by atoms with Gasteiger partial charge in [0.05, 0.1) is 11.4 Å². The molecule has 0 aromatic carbocycles. The molecule has 0 aliphatic carbocycles. The summed E-state index contributed by atoms with van der Waals surface area (Å²) in [7, 11) is 0. The van der Waals surface area contributed by atoms with Crippen LogP contribution in [-0.4, -0.2) is 68.6 Å². The Morgan fingerprint density at radius 1 is 1.30 bits per heavy atom. The number of halogens is 2. The van der Waals surface area contributed by atoms with Gasteiger partial charge in [-0.1, -0.05) is 46.2 Å². The Kier molecular flexibility index (Phi) is 7.00. The zero-order chi connectivity index (χ0) is 27.4. The molecule has 4 rings (SSSR count). The van der Waals surface area contributed by atoms with Crippen molar-refractivity contribution in [2.75, 3.05) is 24.5 Å². The van der Waals surface area contributed by atoms with Gasteiger partial charge in [0.2, 0.25) is 11.2 Å². The molecule has 2 aromatic heterocycles. The predicted octanol–water partition coefficient (Wildman–Crippen LogP) is 4.95. The van der Waals surface area contributed by atoms with Crippen molar-refractivity contribution in [2.45, 2.75) is 66.6 Å². The van der Waals surface area contributed by atoms with Crippen LogP contribution in [0.4, 0.5) is 20.7 Å². The molecule has 0 saturated carbocycles. The second kappa shape index (κ2) is 9.63. The molecule has 4 heterocycles. The number of H-pyrrole nitrogens is 1. The first-order valence-corrected chi connectivity index (χ1v) is 12.8. The fraction of sp³-hybridized carbons (Fsp3) is 0.538. The number of piperazine rings is 1. The van der Waals surface area contributed by atoms with E-state index < -0.39 is 28.9 Å². The zero-order valence-electron chi connectivity index (χ0n) is 22.3. The SMILES string of the molecule is Cc1ccnc(C(C)C)c1N1c2[nH]c(Cl)c(F)c(=O)c2C(N2CCN(C(=O)O)CC2C)=N[C@@H]1C(C)(C)C. The summed E-state index contributed by atoms with van der Waals surface area (Å²) in [6, 6.07) is 1.61. The molecule has 37 heavy (non-hydrogen) atoms. The van der Waals surface area contributed by atoms with E-state index in [9.17, 15) is 14.7 Å². The summed E-state index contributed by atoms with van der Waals surface area (Å²) in [4.78, 5) is 42.9. The molecule has 2 N–H and O–H groups in total. The standard InChI is InChI=1S/C26H34ClFN6O3/c1-13(2)18-19(14(3)8-9-29-18)34-23-16(20(35)17(28)21(27)30-23)22(31-24(34)26(5,6)7)33-11-10-32(25(36)37)12-15(33)4/h8-9,13,15,24H,10-12H2,1-7H3,(H,30,35)(H,36,37)/t15?,24-/m0/s1. The van der Waals surface area contributed by atoms with E-state index in [0.717, 1.165) is 16.9 Å². The Bertz CT molecular complexity index is 1320. The quantitative estimate of drug-likeness (QED) is 0.530. The average Bonchev–Trinajstić information content (AvgIpc) is 2.81. The number of anilines is 2. The molecule has 1 saturated heterocycles. The third kappa shape index (κ3) is 4.67. The number of amidine groups is 1. The number of fused-ring (bicyclic) bond motifs is 1. The van der Waals surface area contributed by atoms with Gasteiger partial charge in [-0.2, -0.15) is 4.39 Å². The maximum absolute atomic E-state index is 15.0. The molecule has 200 valence electrons. The normalized spacial score (nSPS) is 20.3. The van der Waals surface area contributed by atoms with Gasteiger partial charge in [0.1, 0.15) is 28.5 Å². The van der Waals surface area contributed by atoms with Gasteiger partial charge in [-0.3, -0.25) is 9.78 Å². The van der Waals surface area contributed by atoms with Crippen LogP contribution < -0.4 is 10.3 Å². The zero-order valence-corrected chi connectivity index (χ0v) is 23.0. The summed E-state index contributed by atoms with van der Waals surface area (Å²) in [5.41, 5.74) is 1.35. The smallest absolute Gasteiger partial charge is 0.407 e. The van der Waals surface area contributed by atoms with E-state index in [1.54, 1.807) is 6.20 Å². The molecule has 2 atom stereocenters. The van der Waals surface area contributed by atoms with Crippen LogP contribution in [0, 0.1) is 18.2 Å². The summed E-state index contributed by atoms with van der Waals surface area (Å²) in [6.07, 6.45) is 0.251. The van der Waals surface area contributed by atoms with Crippen LogP contribution in [0.5, 0.6) is 0 Å². The van der Waals surface area contributed by atoms with Crippen LogP contribution >= 0.6 is 11.6 Å². The summed E-state index contributed by atoms with van der Waals surface area (Å²) >= 11 is 6.23. The minimum Gasteiger partial charge on any atom is -0.465 e. The summed E-state index contributed by atoms with van der Waals surface area (Å²) in [5, 5.41) is 9.10. The van der Waals surface area contributed by atoms with Crippen molar-refractivity contribution < 1.29 is 14.3 Å². The Hall–Kier alpha value is -3.14. The number of rotatable bonds is 2. The minimum absolute atomic E-state index is 0.0658. The van der Waals surface area contributed by atoms with E-state index in [1.165, 1.54) is 4.90 Å².